The van der Waals surface area contributed by atoms with Crippen molar-refractivity contribution in [3.8, 4) is 6.07 Å². The van der Waals surface area contributed by atoms with E-state index >= 15 is 0 Å². The molecule has 0 aliphatic rings. The van der Waals surface area contributed by atoms with Crippen LogP contribution in [0.4, 0.5) is 0 Å². The Morgan fingerprint density at radius 3 is 2.87 bits per heavy atom. The van der Waals surface area contributed by atoms with Crippen LogP contribution in [0.15, 0.2) is 24.3 Å². The first-order chi connectivity index (χ1) is 7.11. The molecule has 0 atom stereocenters. The number of nitrogens with zero attached hydrogens (tertiary/aromatic N) is 1. The van der Waals surface area contributed by atoms with E-state index in [0.717, 1.165) is 5.56 Å². The summed E-state index contributed by atoms with van der Waals surface area (Å²) >= 11 is 5.79. The van der Waals surface area contributed by atoms with Crippen LogP contribution in [0.3, 0.4) is 0 Å². The topological polar surface area (TPSA) is 66.9 Å². The lowest BCUT2D eigenvalue weighted by atomic mass is 10.1. The number of primary amides is 1. The van der Waals surface area contributed by atoms with Crippen molar-refractivity contribution in [3.63, 3.8) is 0 Å². The fraction of sp³-hybridized carbons (Fsp3) is 0.0909. The minimum atomic E-state index is -0.395. The maximum Gasteiger partial charge on any atom is 0.221 e. The molecule has 0 aliphatic carbocycles. The van der Waals surface area contributed by atoms with Crippen LogP contribution in [-0.4, -0.2) is 5.91 Å². The minimum Gasteiger partial charge on any atom is -0.369 e. The monoisotopic (exact) mass is 220 g/mol. The average molecular weight is 221 g/mol. The van der Waals surface area contributed by atoms with Gasteiger partial charge >= 0.3 is 0 Å². The third kappa shape index (κ3) is 3.84. The van der Waals surface area contributed by atoms with Crippen LogP contribution in [0, 0.1) is 11.3 Å². The molecule has 1 aromatic carbocycles. The van der Waals surface area contributed by atoms with Crippen molar-refractivity contribution in [3.05, 3.63) is 40.4 Å². The van der Waals surface area contributed by atoms with Gasteiger partial charge in [0.15, 0.2) is 0 Å². The molecule has 0 aromatic heterocycles. The summed E-state index contributed by atoms with van der Waals surface area (Å²) < 4.78 is 0. The average Bonchev–Trinajstić information content (AvgIpc) is 2.16. The van der Waals surface area contributed by atoms with Gasteiger partial charge in [0.25, 0.3) is 0 Å². The third-order valence-corrected chi connectivity index (χ3v) is 1.90. The summed E-state index contributed by atoms with van der Waals surface area (Å²) in [5.74, 6) is -0.395. The molecular formula is C11H9ClN2O. The summed E-state index contributed by atoms with van der Waals surface area (Å²) in [6, 6.07) is 6.97. The second-order valence-corrected chi connectivity index (χ2v) is 3.39. The predicted octanol–water partition coefficient (Wildman–Crippen LogP) is 2.10. The van der Waals surface area contributed by atoms with Gasteiger partial charge in [-0.05, 0) is 23.8 Å². The van der Waals surface area contributed by atoms with E-state index < -0.39 is 5.91 Å². The van der Waals surface area contributed by atoms with E-state index in [1.807, 2.05) is 6.07 Å². The van der Waals surface area contributed by atoms with Crippen molar-refractivity contribution >= 4 is 23.6 Å². The van der Waals surface area contributed by atoms with E-state index in [1.165, 1.54) is 0 Å². The Morgan fingerprint density at radius 1 is 1.53 bits per heavy atom. The number of nitriles is 1. The third-order valence-electron chi connectivity index (χ3n) is 1.68. The number of carbonyl (C=O) groups is 1. The van der Waals surface area contributed by atoms with Gasteiger partial charge in [-0.15, -0.1) is 0 Å². The van der Waals surface area contributed by atoms with Gasteiger partial charge in [0.05, 0.1) is 11.6 Å². The maximum absolute atomic E-state index is 10.5. The summed E-state index contributed by atoms with van der Waals surface area (Å²) in [5, 5.41) is 9.19. The van der Waals surface area contributed by atoms with Gasteiger partial charge in [-0.1, -0.05) is 23.8 Å². The highest BCUT2D eigenvalue weighted by atomic mass is 35.5. The zero-order chi connectivity index (χ0) is 11.3. The van der Waals surface area contributed by atoms with Gasteiger partial charge in [-0.2, -0.15) is 5.26 Å². The molecule has 1 aromatic rings. The Bertz CT molecular complexity index is 446. The molecule has 76 valence electrons. The molecule has 0 heterocycles. The van der Waals surface area contributed by atoms with Crippen LogP contribution in [0.25, 0.3) is 6.08 Å². The number of nitrogens with two attached hydrogens (primary N) is 1. The van der Waals surface area contributed by atoms with Crippen molar-refractivity contribution in [2.75, 3.05) is 0 Å². The lowest BCUT2D eigenvalue weighted by molar-refractivity contribution is -0.117. The van der Waals surface area contributed by atoms with Crippen molar-refractivity contribution in [2.24, 2.45) is 5.73 Å². The first-order valence-corrected chi connectivity index (χ1v) is 4.65. The minimum absolute atomic E-state index is 0.175. The van der Waals surface area contributed by atoms with Crippen LogP contribution in [0.5, 0.6) is 0 Å². The van der Waals surface area contributed by atoms with Gasteiger partial charge in [0, 0.05) is 11.4 Å². The second kappa shape index (κ2) is 5.18. The number of amides is 1. The predicted molar refractivity (Wildman–Crippen MR) is 59.0 cm³/mol. The zero-order valence-corrected chi connectivity index (χ0v) is 8.66. The molecule has 0 spiro atoms. The lowest BCUT2D eigenvalue weighted by Crippen LogP contribution is -2.07. The van der Waals surface area contributed by atoms with Gasteiger partial charge in [0.1, 0.15) is 0 Å². The molecule has 3 nitrogen and oxygen atoms in total. The van der Waals surface area contributed by atoms with E-state index in [0.29, 0.717) is 10.6 Å². The number of hydrogen-bond donors (Lipinski definition) is 1. The van der Waals surface area contributed by atoms with Crippen LogP contribution < -0.4 is 5.73 Å². The van der Waals surface area contributed by atoms with E-state index in [-0.39, 0.29) is 6.42 Å². The van der Waals surface area contributed by atoms with Crippen LogP contribution in [-0.2, 0) is 4.79 Å². The molecule has 1 amide bonds. The fourth-order valence-electron chi connectivity index (χ4n) is 1.08. The number of benzene rings is 1. The summed E-state index contributed by atoms with van der Waals surface area (Å²) in [6.45, 7) is 0. The van der Waals surface area contributed by atoms with Crippen LogP contribution in [0.1, 0.15) is 17.5 Å². The number of halogens is 1. The standard InChI is InChI=1S/C11H9ClN2O/c12-10-5-8(2-1-3-11(14)15)4-9(6-10)7-13/h1-2,4-6H,3H2,(H2,14,15). The molecule has 0 fully saturated rings. The molecule has 15 heavy (non-hydrogen) atoms. The van der Waals surface area contributed by atoms with Gasteiger partial charge in [-0.3, -0.25) is 4.79 Å². The summed E-state index contributed by atoms with van der Waals surface area (Å²) in [6.07, 6.45) is 3.51. The van der Waals surface area contributed by atoms with E-state index in [4.69, 9.17) is 22.6 Å². The smallest absolute Gasteiger partial charge is 0.221 e. The van der Waals surface area contributed by atoms with Gasteiger partial charge < -0.3 is 5.73 Å². The second-order valence-electron chi connectivity index (χ2n) is 2.96. The summed E-state index contributed by atoms with van der Waals surface area (Å²) in [5.41, 5.74) is 6.24. The molecule has 0 saturated heterocycles. The molecular weight excluding hydrogens is 212 g/mol. The molecule has 2 N–H and O–H groups in total. The van der Waals surface area contributed by atoms with Gasteiger partial charge in [-0.25, -0.2) is 0 Å². The first kappa shape index (κ1) is 11.3. The van der Waals surface area contributed by atoms with Crippen LogP contribution in [0.2, 0.25) is 5.02 Å². The van der Waals surface area contributed by atoms with E-state index in [9.17, 15) is 4.79 Å². The SMILES string of the molecule is N#Cc1cc(Cl)cc(C=CCC(N)=O)c1. The largest absolute Gasteiger partial charge is 0.369 e. The zero-order valence-electron chi connectivity index (χ0n) is 7.90. The van der Waals surface area contributed by atoms with Crippen LogP contribution >= 0.6 is 11.6 Å². The highest BCUT2D eigenvalue weighted by Gasteiger charge is 1.96. The molecule has 0 aliphatic heterocycles. The van der Waals surface area contributed by atoms with Crippen molar-refractivity contribution < 1.29 is 4.79 Å². The normalized spacial score (nSPS) is 10.1. The highest BCUT2D eigenvalue weighted by molar-refractivity contribution is 6.30. The Hall–Kier alpha value is -1.79. The summed E-state index contributed by atoms with van der Waals surface area (Å²) in [4.78, 5) is 10.5. The van der Waals surface area contributed by atoms with Crippen molar-refractivity contribution in [1.29, 1.82) is 5.26 Å². The Balaban J connectivity index is 2.86. The van der Waals surface area contributed by atoms with Crippen molar-refractivity contribution in [1.82, 2.24) is 0 Å². The highest BCUT2D eigenvalue weighted by Crippen LogP contribution is 2.15. The fourth-order valence-corrected chi connectivity index (χ4v) is 1.33. The first-order valence-electron chi connectivity index (χ1n) is 4.27. The molecule has 0 unspecified atom stereocenters. The molecule has 0 radical (unpaired) electrons. The Labute approximate surface area is 92.8 Å². The number of rotatable bonds is 3. The quantitative estimate of drug-likeness (QED) is 0.848. The molecule has 0 bridgehead atoms. The maximum atomic E-state index is 10.5. The molecule has 4 heteroatoms. The molecule has 1 rings (SSSR count). The Kier molecular flexibility index (Phi) is 3.90. The Morgan fingerprint density at radius 2 is 2.27 bits per heavy atom. The number of hydrogen-bond acceptors (Lipinski definition) is 2. The van der Waals surface area contributed by atoms with E-state index in [1.54, 1.807) is 30.4 Å². The number of carbonyl (C=O) groups excluding carboxylic acids is 1. The van der Waals surface area contributed by atoms with Gasteiger partial charge in [0.2, 0.25) is 5.91 Å². The van der Waals surface area contributed by atoms with Crippen molar-refractivity contribution in [2.45, 2.75) is 6.42 Å². The van der Waals surface area contributed by atoms with E-state index in [2.05, 4.69) is 0 Å². The lowest BCUT2D eigenvalue weighted by Gasteiger charge is -1.96. The summed E-state index contributed by atoms with van der Waals surface area (Å²) in [7, 11) is 0. The molecule has 0 saturated carbocycles.